The van der Waals surface area contributed by atoms with Crippen LogP contribution < -0.4 is 4.90 Å². The summed E-state index contributed by atoms with van der Waals surface area (Å²) in [7, 11) is 0.684. The van der Waals surface area contributed by atoms with Gasteiger partial charge in [0.05, 0.1) is 4.90 Å². The summed E-state index contributed by atoms with van der Waals surface area (Å²) in [5.41, 5.74) is 2.42. The van der Waals surface area contributed by atoms with Crippen molar-refractivity contribution >= 4 is 21.7 Å². The van der Waals surface area contributed by atoms with Crippen LogP contribution in [-0.4, -0.2) is 86.7 Å². The SMILES string of the molecule is Cc1cc(C)nc(N2CCC(N(CCN(C)C)C(=O)c3ccc(S(C)(=O)=O)cc3)CC2)n1. The van der Waals surface area contributed by atoms with E-state index in [1.165, 1.54) is 18.4 Å². The molecule has 0 atom stereocenters. The number of rotatable bonds is 7. The average molecular weight is 460 g/mol. The van der Waals surface area contributed by atoms with Crippen molar-refractivity contribution in [2.24, 2.45) is 0 Å². The first-order valence-corrected chi connectivity index (χ1v) is 12.8. The van der Waals surface area contributed by atoms with Crippen molar-refractivity contribution in [2.75, 3.05) is 51.4 Å². The fourth-order valence-corrected chi connectivity index (χ4v) is 4.62. The molecule has 1 fully saturated rings. The Kier molecular flexibility index (Phi) is 7.51. The predicted molar refractivity (Wildman–Crippen MR) is 126 cm³/mol. The molecule has 1 aromatic carbocycles. The molecule has 3 rings (SSSR count). The number of anilines is 1. The Labute approximate surface area is 191 Å². The lowest BCUT2D eigenvalue weighted by molar-refractivity contribution is 0.0634. The normalized spacial score (nSPS) is 15.2. The molecule has 174 valence electrons. The molecule has 2 aromatic rings. The highest BCUT2D eigenvalue weighted by Crippen LogP contribution is 2.23. The van der Waals surface area contributed by atoms with Gasteiger partial charge in [0.25, 0.3) is 5.91 Å². The third kappa shape index (κ3) is 6.04. The van der Waals surface area contributed by atoms with Gasteiger partial charge in [0.2, 0.25) is 5.95 Å². The molecule has 0 unspecified atom stereocenters. The molecule has 1 aliphatic heterocycles. The monoisotopic (exact) mass is 459 g/mol. The highest BCUT2D eigenvalue weighted by molar-refractivity contribution is 7.90. The second-order valence-electron chi connectivity index (χ2n) is 8.77. The summed E-state index contributed by atoms with van der Waals surface area (Å²) >= 11 is 0. The number of likely N-dealkylation sites (N-methyl/N-ethyl adjacent to an activating group) is 1. The molecule has 0 aliphatic carbocycles. The molecular weight excluding hydrogens is 426 g/mol. The molecule has 0 spiro atoms. The van der Waals surface area contributed by atoms with Crippen LogP contribution in [0.1, 0.15) is 34.6 Å². The van der Waals surface area contributed by atoms with Crippen LogP contribution in [-0.2, 0) is 9.84 Å². The van der Waals surface area contributed by atoms with Crippen molar-refractivity contribution in [2.45, 2.75) is 37.6 Å². The third-order valence-electron chi connectivity index (χ3n) is 5.74. The van der Waals surface area contributed by atoms with Crippen LogP contribution in [0.25, 0.3) is 0 Å². The zero-order valence-electron chi connectivity index (χ0n) is 19.6. The van der Waals surface area contributed by atoms with E-state index in [1.54, 1.807) is 12.1 Å². The van der Waals surface area contributed by atoms with Crippen LogP contribution in [0.4, 0.5) is 5.95 Å². The lowest BCUT2D eigenvalue weighted by Gasteiger charge is -2.39. The van der Waals surface area contributed by atoms with Gasteiger partial charge >= 0.3 is 0 Å². The molecule has 9 heteroatoms. The summed E-state index contributed by atoms with van der Waals surface area (Å²) in [6.07, 6.45) is 2.83. The fraction of sp³-hybridized carbons (Fsp3) is 0.522. The molecule has 0 N–H and O–H groups in total. The largest absolute Gasteiger partial charge is 0.341 e. The number of aryl methyl sites for hydroxylation is 2. The Hall–Kier alpha value is -2.52. The Morgan fingerprint density at radius 3 is 2.09 bits per heavy atom. The highest BCUT2D eigenvalue weighted by atomic mass is 32.2. The zero-order chi connectivity index (χ0) is 23.5. The number of hydrogen-bond donors (Lipinski definition) is 0. The van der Waals surface area contributed by atoms with Gasteiger partial charge in [-0.25, -0.2) is 18.4 Å². The molecule has 8 nitrogen and oxygen atoms in total. The smallest absolute Gasteiger partial charge is 0.254 e. The fourth-order valence-electron chi connectivity index (χ4n) is 3.99. The molecule has 1 amide bonds. The van der Waals surface area contributed by atoms with E-state index in [0.29, 0.717) is 12.1 Å². The van der Waals surface area contributed by atoms with Gasteiger partial charge in [0, 0.05) is 55.4 Å². The van der Waals surface area contributed by atoms with Crippen molar-refractivity contribution in [3.63, 3.8) is 0 Å². The number of amides is 1. The molecular formula is C23H33N5O3S. The molecule has 1 aliphatic rings. The van der Waals surface area contributed by atoms with Crippen LogP contribution in [0.2, 0.25) is 0 Å². The minimum atomic E-state index is -3.30. The zero-order valence-corrected chi connectivity index (χ0v) is 20.4. The van der Waals surface area contributed by atoms with Crippen LogP contribution in [0.15, 0.2) is 35.2 Å². The van der Waals surface area contributed by atoms with Crippen molar-refractivity contribution < 1.29 is 13.2 Å². The van der Waals surface area contributed by atoms with E-state index < -0.39 is 9.84 Å². The number of benzene rings is 1. The van der Waals surface area contributed by atoms with Gasteiger partial charge < -0.3 is 14.7 Å². The maximum absolute atomic E-state index is 13.4. The van der Waals surface area contributed by atoms with Gasteiger partial charge in [-0.15, -0.1) is 0 Å². The van der Waals surface area contributed by atoms with Crippen molar-refractivity contribution in [1.29, 1.82) is 0 Å². The van der Waals surface area contributed by atoms with E-state index in [4.69, 9.17) is 0 Å². The van der Waals surface area contributed by atoms with Gasteiger partial charge in [-0.2, -0.15) is 0 Å². The van der Waals surface area contributed by atoms with Crippen molar-refractivity contribution in [3.05, 3.63) is 47.3 Å². The number of aromatic nitrogens is 2. The van der Waals surface area contributed by atoms with E-state index >= 15 is 0 Å². The Morgan fingerprint density at radius 1 is 1.03 bits per heavy atom. The number of sulfone groups is 1. The first kappa shape index (κ1) is 24.1. The number of carbonyl (C=O) groups is 1. The second kappa shape index (κ2) is 9.95. The standard InChI is InChI=1S/C23H33N5O3S/c1-17-16-18(2)25-23(24-17)27-12-10-20(11-13-27)28(15-14-26(3)4)22(29)19-6-8-21(9-7-19)32(5,30)31/h6-9,16,20H,10-15H2,1-5H3. The molecule has 32 heavy (non-hydrogen) atoms. The maximum Gasteiger partial charge on any atom is 0.254 e. The molecule has 1 aromatic heterocycles. The number of carbonyl (C=O) groups excluding carboxylic acids is 1. The molecule has 0 radical (unpaired) electrons. The van der Waals surface area contributed by atoms with E-state index in [0.717, 1.165) is 49.8 Å². The topological polar surface area (TPSA) is 86.7 Å². The van der Waals surface area contributed by atoms with E-state index in [1.807, 2.05) is 38.9 Å². The van der Waals surface area contributed by atoms with Crippen molar-refractivity contribution in [1.82, 2.24) is 19.8 Å². The van der Waals surface area contributed by atoms with Crippen LogP contribution >= 0.6 is 0 Å². The quantitative estimate of drug-likeness (QED) is 0.627. The Morgan fingerprint density at radius 2 is 1.59 bits per heavy atom. The highest BCUT2D eigenvalue weighted by Gasteiger charge is 2.29. The van der Waals surface area contributed by atoms with Gasteiger partial charge in [0.15, 0.2) is 9.84 Å². The Bertz CT molecular complexity index is 1030. The van der Waals surface area contributed by atoms with Crippen LogP contribution in [0.3, 0.4) is 0 Å². The second-order valence-corrected chi connectivity index (χ2v) is 10.8. The molecule has 0 bridgehead atoms. The first-order chi connectivity index (χ1) is 15.0. The van der Waals surface area contributed by atoms with Gasteiger partial charge in [-0.3, -0.25) is 4.79 Å². The van der Waals surface area contributed by atoms with Crippen LogP contribution in [0.5, 0.6) is 0 Å². The molecule has 2 heterocycles. The summed E-state index contributed by atoms with van der Waals surface area (Å²) in [6, 6.07) is 8.31. The lowest BCUT2D eigenvalue weighted by atomic mass is 10.0. The van der Waals surface area contributed by atoms with Crippen LogP contribution in [0, 0.1) is 13.8 Å². The number of hydrogen-bond acceptors (Lipinski definition) is 7. The van der Waals surface area contributed by atoms with E-state index in [9.17, 15) is 13.2 Å². The molecule has 1 saturated heterocycles. The summed E-state index contributed by atoms with van der Waals surface area (Å²) < 4.78 is 23.5. The van der Waals surface area contributed by atoms with E-state index in [-0.39, 0.29) is 16.8 Å². The van der Waals surface area contributed by atoms with Gasteiger partial charge in [-0.05, 0) is 71.1 Å². The minimum absolute atomic E-state index is 0.0620. The van der Waals surface area contributed by atoms with E-state index in [2.05, 4.69) is 19.8 Å². The summed E-state index contributed by atoms with van der Waals surface area (Å²) in [5.74, 6) is 0.691. The minimum Gasteiger partial charge on any atom is -0.341 e. The van der Waals surface area contributed by atoms with Crippen molar-refractivity contribution in [3.8, 4) is 0 Å². The first-order valence-electron chi connectivity index (χ1n) is 10.9. The summed E-state index contributed by atoms with van der Waals surface area (Å²) in [5, 5.41) is 0. The average Bonchev–Trinajstić information content (AvgIpc) is 2.73. The number of piperidine rings is 1. The summed E-state index contributed by atoms with van der Waals surface area (Å²) in [4.78, 5) is 28.9. The predicted octanol–water partition coefficient (Wildman–Crippen LogP) is 2.17. The maximum atomic E-state index is 13.4. The lowest BCUT2D eigenvalue weighted by Crippen LogP contribution is -2.49. The third-order valence-corrected chi connectivity index (χ3v) is 6.87. The summed E-state index contributed by atoms with van der Waals surface area (Å²) in [6.45, 7) is 6.89. The molecule has 0 saturated carbocycles. The van der Waals surface area contributed by atoms with Gasteiger partial charge in [0.1, 0.15) is 0 Å². The Balaban J connectivity index is 1.75. The number of nitrogens with zero attached hydrogens (tertiary/aromatic N) is 5. The van der Waals surface area contributed by atoms with Gasteiger partial charge in [-0.1, -0.05) is 0 Å².